The van der Waals surface area contributed by atoms with Crippen molar-refractivity contribution >= 4 is 17.6 Å². The number of carbonyl (C=O) groups is 2. The van der Waals surface area contributed by atoms with Crippen LogP contribution in [0.15, 0.2) is 36.7 Å². The van der Waals surface area contributed by atoms with Crippen molar-refractivity contribution in [2.75, 3.05) is 25.5 Å². The van der Waals surface area contributed by atoms with E-state index in [-0.39, 0.29) is 17.9 Å². The molecule has 10 heteroatoms. The molecule has 7 nitrogen and oxygen atoms in total. The molecule has 4 rings (SSSR count). The second kappa shape index (κ2) is 8.07. The standard InChI is InChI=1S/C22H24F3N5O2/c1-14(31)29(2)17-7-10-30(13-17)20(32)15-3-6-19(27-11-15)28-21(8-9-21)16-4-5-18(26-12-16)22(23,24)25/h3-6,11-12,17H,7-10,13H2,1-2H3,(H,27,28)/t17-/m0/s1. The summed E-state index contributed by atoms with van der Waals surface area (Å²) in [7, 11) is 1.74. The van der Waals surface area contributed by atoms with E-state index in [2.05, 4.69) is 15.3 Å². The number of likely N-dealkylation sites (tertiary alicyclic amines) is 1. The van der Waals surface area contributed by atoms with Crippen LogP contribution in [0.5, 0.6) is 0 Å². The van der Waals surface area contributed by atoms with Gasteiger partial charge in [0.2, 0.25) is 5.91 Å². The molecule has 0 spiro atoms. The zero-order valence-electron chi connectivity index (χ0n) is 17.8. The molecule has 2 aromatic heterocycles. The first-order valence-electron chi connectivity index (χ1n) is 10.4. The maximum absolute atomic E-state index is 12.8. The summed E-state index contributed by atoms with van der Waals surface area (Å²) in [4.78, 5) is 35.6. The number of carbonyl (C=O) groups excluding carboxylic acids is 2. The maximum Gasteiger partial charge on any atom is 0.433 e. The van der Waals surface area contributed by atoms with E-state index >= 15 is 0 Å². The van der Waals surface area contributed by atoms with Gasteiger partial charge in [0.15, 0.2) is 0 Å². The van der Waals surface area contributed by atoms with Gasteiger partial charge in [-0.2, -0.15) is 13.2 Å². The molecule has 1 saturated carbocycles. The second-order valence-corrected chi connectivity index (χ2v) is 8.39. The summed E-state index contributed by atoms with van der Waals surface area (Å²) in [5.74, 6) is 0.366. The Kier molecular flexibility index (Phi) is 5.56. The van der Waals surface area contributed by atoms with E-state index in [9.17, 15) is 22.8 Å². The fraction of sp³-hybridized carbons (Fsp3) is 0.455. The molecule has 0 bridgehead atoms. The van der Waals surface area contributed by atoms with Crippen molar-refractivity contribution in [3.63, 3.8) is 0 Å². The van der Waals surface area contributed by atoms with Gasteiger partial charge in [0.25, 0.3) is 5.91 Å². The van der Waals surface area contributed by atoms with Gasteiger partial charge in [-0.25, -0.2) is 4.98 Å². The Hall–Kier alpha value is -3.17. The van der Waals surface area contributed by atoms with Gasteiger partial charge in [0.05, 0.1) is 17.1 Å². The number of nitrogens with zero attached hydrogens (tertiary/aromatic N) is 4. The predicted molar refractivity (Wildman–Crippen MR) is 111 cm³/mol. The molecule has 2 fully saturated rings. The molecular weight excluding hydrogens is 423 g/mol. The fourth-order valence-electron chi connectivity index (χ4n) is 3.98. The first-order valence-corrected chi connectivity index (χ1v) is 10.4. The lowest BCUT2D eigenvalue weighted by molar-refractivity contribution is -0.141. The van der Waals surface area contributed by atoms with Gasteiger partial charge in [-0.3, -0.25) is 14.6 Å². The number of hydrogen-bond acceptors (Lipinski definition) is 5. The third-order valence-corrected chi connectivity index (χ3v) is 6.23. The minimum absolute atomic E-state index is 0.0115. The topological polar surface area (TPSA) is 78.4 Å². The van der Waals surface area contributed by atoms with Gasteiger partial charge in [-0.15, -0.1) is 0 Å². The van der Waals surface area contributed by atoms with Crippen LogP contribution in [0, 0.1) is 0 Å². The van der Waals surface area contributed by atoms with Crippen molar-refractivity contribution in [3.05, 3.63) is 53.5 Å². The Morgan fingerprint density at radius 2 is 1.91 bits per heavy atom. The Morgan fingerprint density at radius 3 is 2.44 bits per heavy atom. The third kappa shape index (κ3) is 4.39. The number of nitrogens with one attached hydrogen (secondary N) is 1. The number of pyridine rings is 2. The Balaban J connectivity index is 1.40. The summed E-state index contributed by atoms with van der Waals surface area (Å²) < 4.78 is 38.3. The molecule has 0 radical (unpaired) electrons. The van der Waals surface area contributed by atoms with E-state index in [1.807, 2.05) is 0 Å². The number of alkyl halides is 3. The first-order chi connectivity index (χ1) is 15.1. The van der Waals surface area contributed by atoms with Crippen molar-refractivity contribution in [1.82, 2.24) is 19.8 Å². The highest BCUT2D eigenvalue weighted by Crippen LogP contribution is 2.48. The van der Waals surface area contributed by atoms with E-state index < -0.39 is 17.4 Å². The lowest BCUT2D eigenvalue weighted by atomic mass is 10.1. The monoisotopic (exact) mass is 447 g/mol. The van der Waals surface area contributed by atoms with Gasteiger partial charge < -0.3 is 15.1 Å². The van der Waals surface area contributed by atoms with Crippen LogP contribution >= 0.6 is 0 Å². The van der Waals surface area contributed by atoms with Crippen LogP contribution in [0.1, 0.15) is 47.8 Å². The van der Waals surface area contributed by atoms with Gasteiger partial charge >= 0.3 is 6.18 Å². The maximum atomic E-state index is 12.8. The summed E-state index contributed by atoms with van der Waals surface area (Å²) >= 11 is 0. The van der Waals surface area contributed by atoms with Gasteiger partial charge in [0, 0.05) is 39.5 Å². The molecule has 32 heavy (non-hydrogen) atoms. The molecule has 2 amide bonds. The SMILES string of the molecule is CC(=O)N(C)[C@H]1CCN(C(=O)c2ccc(NC3(c4ccc(C(F)(F)F)nc4)CC3)nc2)C1. The molecule has 0 aromatic carbocycles. The average Bonchev–Trinajstić information content (AvgIpc) is 3.37. The van der Waals surface area contributed by atoms with Crippen LogP contribution in [-0.4, -0.2) is 57.8 Å². The molecule has 2 aliphatic rings. The van der Waals surface area contributed by atoms with Crippen LogP contribution in [0.25, 0.3) is 0 Å². The van der Waals surface area contributed by atoms with Crippen LogP contribution in [-0.2, 0) is 16.5 Å². The van der Waals surface area contributed by atoms with Gasteiger partial charge in [-0.1, -0.05) is 6.07 Å². The number of amides is 2. The molecule has 1 saturated heterocycles. The van der Waals surface area contributed by atoms with Crippen LogP contribution < -0.4 is 5.32 Å². The molecule has 0 unspecified atom stereocenters. The van der Waals surface area contributed by atoms with Gasteiger partial charge in [0.1, 0.15) is 11.5 Å². The molecule has 2 aromatic rings. The highest BCUT2D eigenvalue weighted by atomic mass is 19.4. The number of hydrogen-bond donors (Lipinski definition) is 1. The van der Waals surface area contributed by atoms with Crippen molar-refractivity contribution < 1.29 is 22.8 Å². The largest absolute Gasteiger partial charge is 0.433 e. The summed E-state index contributed by atoms with van der Waals surface area (Å²) in [5.41, 5.74) is -0.292. The smallest absolute Gasteiger partial charge is 0.360 e. The number of aromatic nitrogens is 2. The predicted octanol–water partition coefficient (Wildman–Crippen LogP) is 3.29. The minimum atomic E-state index is -4.47. The summed E-state index contributed by atoms with van der Waals surface area (Å²) in [6.45, 7) is 2.57. The molecule has 3 heterocycles. The van der Waals surface area contributed by atoms with Crippen molar-refractivity contribution in [1.29, 1.82) is 0 Å². The van der Waals surface area contributed by atoms with E-state index in [1.165, 1.54) is 25.4 Å². The number of halogens is 3. The summed E-state index contributed by atoms with van der Waals surface area (Å²) in [5, 5.41) is 3.27. The van der Waals surface area contributed by atoms with E-state index in [1.54, 1.807) is 29.0 Å². The van der Waals surface area contributed by atoms with Gasteiger partial charge in [-0.05, 0) is 43.0 Å². The Labute approximate surface area is 183 Å². The summed E-state index contributed by atoms with van der Waals surface area (Å²) in [6, 6.07) is 5.81. The molecule has 1 aliphatic heterocycles. The second-order valence-electron chi connectivity index (χ2n) is 8.39. The first kappa shape index (κ1) is 22.0. The highest BCUT2D eigenvalue weighted by Gasteiger charge is 2.45. The average molecular weight is 447 g/mol. The third-order valence-electron chi connectivity index (χ3n) is 6.23. The molecule has 170 valence electrons. The zero-order chi connectivity index (χ0) is 23.1. The quantitative estimate of drug-likeness (QED) is 0.761. The highest BCUT2D eigenvalue weighted by molar-refractivity contribution is 5.94. The van der Waals surface area contributed by atoms with Crippen LogP contribution in [0.3, 0.4) is 0 Å². The molecule has 1 atom stereocenters. The van der Waals surface area contributed by atoms with E-state index in [4.69, 9.17) is 0 Å². The Morgan fingerprint density at radius 1 is 1.16 bits per heavy atom. The van der Waals surface area contributed by atoms with Crippen LogP contribution in [0.2, 0.25) is 0 Å². The lowest BCUT2D eigenvalue weighted by Gasteiger charge is -2.23. The Bertz CT molecular complexity index is 1000. The van der Waals surface area contributed by atoms with Crippen molar-refractivity contribution in [3.8, 4) is 0 Å². The number of likely N-dealkylation sites (N-methyl/N-ethyl adjacent to an activating group) is 1. The number of rotatable bonds is 5. The fourth-order valence-corrected chi connectivity index (χ4v) is 3.98. The minimum Gasteiger partial charge on any atom is -0.360 e. The molecule has 1 N–H and O–H groups in total. The molecular formula is C22H24F3N5O2. The number of anilines is 1. The lowest BCUT2D eigenvalue weighted by Crippen LogP contribution is -2.38. The van der Waals surface area contributed by atoms with Crippen molar-refractivity contribution in [2.45, 2.75) is 43.9 Å². The van der Waals surface area contributed by atoms with Crippen molar-refractivity contribution in [2.24, 2.45) is 0 Å². The summed E-state index contributed by atoms with van der Waals surface area (Å²) in [6.07, 6.45) is 0.515. The molecule has 1 aliphatic carbocycles. The zero-order valence-corrected chi connectivity index (χ0v) is 17.8. The van der Waals surface area contributed by atoms with Crippen LogP contribution in [0.4, 0.5) is 19.0 Å². The van der Waals surface area contributed by atoms with E-state index in [0.717, 1.165) is 25.3 Å². The normalized spacial score (nSPS) is 19.5. The van der Waals surface area contributed by atoms with E-state index in [0.29, 0.717) is 30.0 Å².